The number of thioether (sulfide) groups is 1. The number of amides is 3. The molecule has 0 saturated carbocycles. The number of aryl methyl sites for hydroxylation is 1. The highest BCUT2D eigenvalue weighted by Gasteiger charge is 2.15. The normalized spacial score (nSPS) is 11.4. The predicted octanol–water partition coefficient (Wildman–Crippen LogP) is 3.65. The highest BCUT2D eigenvalue weighted by molar-refractivity contribution is 8.01. The van der Waals surface area contributed by atoms with Gasteiger partial charge in [0.05, 0.1) is 11.0 Å². The largest absolute Gasteiger partial charge is 0.326 e. The van der Waals surface area contributed by atoms with Crippen molar-refractivity contribution in [1.29, 1.82) is 0 Å². The first-order valence-corrected chi connectivity index (χ1v) is 9.55. The Labute approximate surface area is 163 Å². The maximum atomic E-state index is 12.3. The molecule has 1 atom stereocenters. The Kier molecular flexibility index (Phi) is 7.43. The zero-order valence-corrected chi connectivity index (χ0v) is 16.4. The van der Waals surface area contributed by atoms with Crippen LogP contribution in [-0.2, 0) is 14.4 Å². The van der Waals surface area contributed by atoms with Gasteiger partial charge in [-0.15, -0.1) is 11.8 Å². The molecule has 7 heteroatoms. The molecule has 27 heavy (non-hydrogen) atoms. The fraction of sp³-hybridized carbons (Fsp3) is 0.250. The van der Waals surface area contributed by atoms with Crippen molar-refractivity contribution in [2.75, 3.05) is 21.7 Å². The SMILES string of the molecule is CC(=O)Nc1ccc(NC(=O)[C@@H](C)SCC(=O)Nc2ccc(C)cc2)cc1. The molecule has 0 radical (unpaired) electrons. The fourth-order valence-electron chi connectivity index (χ4n) is 2.19. The van der Waals surface area contributed by atoms with E-state index in [1.54, 1.807) is 31.2 Å². The van der Waals surface area contributed by atoms with E-state index in [2.05, 4.69) is 16.0 Å². The lowest BCUT2D eigenvalue weighted by atomic mass is 10.2. The number of carbonyl (C=O) groups is 3. The number of hydrogen-bond acceptors (Lipinski definition) is 4. The average Bonchev–Trinajstić information content (AvgIpc) is 2.62. The van der Waals surface area contributed by atoms with E-state index in [-0.39, 0.29) is 28.7 Å². The van der Waals surface area contributed by atoms with E-state index in [1.165, 1.54) is 18.7 Å². The molecule has 3 N–H and O–H groups in total. The van der Waals surface area contributed by atoms with Gasteiger partial charge in [-0.1, -0.05) is 17.7 Å². The first kappa shape index (κ1) is 20.5. The molecule has 3 amide bonds. The number of hydrogen-bond donors (Lipinski definition) is 3. The summed E-state index contributed by atoms with van der Waals surface area (Å²) in [6, 6.07) is 14.4. The van der Waals surface area contributed by atoms with Gasteiger partial charge < -0.3 is 16.0 Å². The molecule has 2 aromatic rings. The Hall–Kier alpha value is -2.80. The molecular weight excluding hydrogens is 362 g/mol. The van der Waals surface area contributed by atoms with Gasteiger partial charge in [0.25, 0.3) is 0 Å². The first-order chi connectivity index (χ1) is 12.8. The Morgan fingerprint density at radius 2 is 1.33 bits per heavy atom. The molecule has 0 aromatic heterocycles. The van der Waals surface area contributed by atoms with E-state index >= 15 is 0 Å². The second-order valence-corrected chi connectivity index (χ2v) is 7.44. The molecule has 2 rings (SSSR count). The topological polar surface area (TPSA) is 87.3 Å². The number of rotatable bonds is 7. The summed E-state index contributed by atoms with van der Waals surface area (Å²) < 4.78 is 0. The highest BCUT2D eigenvalue weighted by Crippen LogP contribution is 2.17. The summed E-state index contributed by atoms with van der Waals surface area (Å²) in [7, 11) is 0. The minimum absolute atomic E-state index is 0.150. The van der Waals surface area contributed by atoms with E-state index < -0.39 is 0 Å². The summed E-state index contributed by atoms with van der Waals surface area (Å²) in [6.45, 7) is 5.17. The zero-order chi connectivity index (χ0) is 19.8. The van der Waals surface area contributed by atoms with Gasteiger partial charge in [0.2, 0.25) is 17.7 Å². The van der Waals surface area contributed by atoms with Crippen LogP contribution in [0.3, 0.4) is 0 Å². The lowest BCUT2D eigenvalue weighted by molar-refractivity contribution is -0.115. The molecular formula is C20H23N3O3S. The number of nitrogens with one attached hydrogen (secondary N) is 3. The van der Waals surface area contributed by atoms with Crippen molar-refractivity contribution >= 4 is 46.5 Å². The molecule has 0 aliphatic carbocycles. The zero-order valence-electron chi connectivity index (χ0n) is 15.5. The van der Waals surface area contributed by atoms with Gasteiger partial charge in [-0.25, -0.2) is 0 Å². The van der Waals surface area contributed by atoms with Gasteiger partial charge >= 0.3 is 0 Å². The molecule has 142 valence electrons. The Morgan fingerprint density at radius 3 is 1.89 bits per heavy atom. The van der Waals surface area contributed by atoms with Crippen molar-refractivity contribution in [1.82, 2.24) is 0 Å². The molecule has 0 aliphatic heterocycles. The molecule has 6 nitrogen and oxygen atoms in total. The standard InChI is InChI=1S/C20H23N3O3S/c1-13-4-6-17(7-5-13)22-19(25)12-27-14(2)20(26)23-18-10-8-16(9-11-18)21-15(3)24/h4-11,14H,12H2,1-3H3,(H,21,24)(H,22,25)(H,23,26)/t14-/m1/s1. The summed E-state index contributed by atoms with van der Waals surface area (Å²) in [5, 5.41) is 7.88. The van der Waals surface area contributed by atoms with Crippen LogP contribution in [0.15, 0.2) is 48.5 Å². The van der Waals surface area contributed by atoms with Crippen LogP contribution in [0.2, 0.25) is 0 Å². The Balaban J connectivity index is 1.78. The minimum atomic E-state index is -0.385. The first-order valence-electron chi connectivity index (χ1n) is 8.50. The van der Waals surface area contributed by atoms with Crippen LogP contribution in [0.1, 0.15) is 19.4 Å². The van der Waals surface area contributed by atoms with Crippen LogP contribution in [0.4, 0.5) is 17.1 Å². The van der Waals surface area contributed by atoms with E-state index in [4.69, 9.17) is 0 Å². The lowest BCUT2D eigenvalue weighted by Crippen LogP contribution is -2.25. The molecule has 2 aromatic carbocycles. The molecule has 0 fully saturated rings. The summed E-state index contributed by atoms with van der Waals surface area (Å²) in [4.78, 5) is 35.3. The Morgan fingerprint density at radius 1 is 0.852 bits per heavy atom. The third-order valence-electron chi connectivity index (χ3n) is 3.64. The van der Waals surface area contributed by atoms with E-state index in [1.807, 2.05) is 31.2 Å². The maximum absolute atomic E-state index is 12.3. The van der Waals surface area contributed by atoms with Crippen LogP contribution >= 0.6 is 11.8 Å². The van der Waals surface area contributed by atoms with Gasteiger partial charge in [-0.3, -0.25) is 14.4 Å². The van der Waals surface area contributed by atoms with Crippen molar-refractivity contribution in [3.8, 4) is 0 Å². The highest BCUT2D eigenvalue weighted by atomic mass is 32.2. The second-order valence-electron chi connectivity index (χ2n) is 6.12. The molecule has 0 spiro atoms. The smallest absolute Gasteiger partial charge is 0.237 e. The maximum Gasteiger partial charge on any atom is 0.237 e. The van der Waals surface area contributed by atoms with Crippen LogP contribution in [0.5, 0.6) is 0 Å². The molecule has 0 unspecified atom stereocenters. The van der Waals surface area contributed by atoms with Crippen molar-refractivity contribution in [3.63, 3.8) is 0 Å². The molecule has 0 bridgehead atoms. The predicted molar refractivity (Wildman–Crippen MR) is 111 cm³/mol. The van der Waals surface area contributed by atoms with E-state index in [0.29, 0.717) is 11.4 Å². The van der Waals surface area contributed by atoms with Crippen LogP contribution in [-0.4, -0.2) is 28.7 Å². The minimum Gasteiger partial charge on any atom is -0.326 e. The third-order valence-corrected chi connectivity index (χ3v) is 4.78. The summed E-state index contributed by atoms with van der Waals surface area (Å²) in [5.74, 6) is -0.302. The molecule has 0 heterocycles. The summed E-state index contributed by atoms with van der Waals surface area (Å²) in [6.07, 6.45) is 0. The van der Waals surface area contributed by atoms with Crippen molar-refractivity contribution in [2.24, 2.45) is 0 Å². The van der Waals surface area contributed by atoms with E-state index in [0.717, 1.165) is 11.3 Å². The monoisotopic (exact) mass is 385 g/mol. The van der Waals surface area contributed by atoms with Gasteiger partial charge in [0.1, 0.15) is 0 Å². The Bertz CT molecular complexity index is 804. The lowest BCUT2D eigenvalue weighted by Gasteiger charge is -2.12. The quantitative estimate of drug-likeness (QED) is 0.679. The third kappa shape index (κ3) is 7.15. The number of anilines is 3. The fourth-order valence-corrected chi connectivity index (χ4v) is 2.88. The van der Waals surface area contributed by atoms with Gasteiger partial charge in [0, 0.05) is 24.0 Å². The van der Waals surface area contributed by atoms with Crippen molar-refractivity contribution < 1.29 is 14.4 Å². The summed E-state index contributed by atoms with van der Waals surface area (Å²) in [5.41, 5.74) is 3.15. The van der Waals surface area contributed by atoms with Crippen LogP contribution in [0.25, 0.3) is 0 Å². The average molecular weight is 385 g/mol. The molecule has 0 aliphatic rings. The van der Waals surface area contributed by atoms with Gasteiger partial charge in [-0.05, 0) is 50.2 Å². The van der Waals surface area contributed by atoms with Crippen molar-refractivity contribution in [2.45, 2.75) is 26.0 Å². The van der Waals surface area contributed by atoms with Crippen molar-refractivity contribution in [3.05, 3.63) is 54.1 Å². The van der Waals surface area contributed by atoms with Gasteiger partial charge in [0.15, 0.2) is 0 Å². The number of carbonyl (C=O) groups excluding carboxylic acids is 3. The number of benzene rings is 2. The van der Waals surface area contributed by atoms with Gasteiger partial charge in [-0.2, -0.15) is 0 Å². The second kappa shape index (κ2) is 9.78. The van der Waals surface area contributed by atoms with Crippen LogP contribution < -0.4 is 16.0 Å². The molecule has 0 saturated heterocycles. The summed E-state index contributed by atoms with van der Waals surface area (Å²) >= 11 is 1.26. The van der Waals surface area contributed by atoms with E-state index in [9.17, 15) is 14.4 Å². The van der Waals surface area contributed by atoms with Crippen LogP contribution in [0, 0.1) is 6.92 Å².